The molecule has 3 nitrogen and oxygen atoms in total. The first-order chi connectivity index (χ1) is 9.83. The maximum absolute atomic E-state index is 5.84. The van der Waals surface area contributed by atoms with Gasteiger partial charge in [-0.1, -0.05) is 48.6 Å². The van der Waals surface area contributed by atoms with Gasteiger partial charge in [-0.05, 0) is 23.3 Å². The Bertz CT molecular complexity index is 564. The first-order valence-corrected chi connectivity index (χ1v) is 6.55. The number of hydrogen-bond donors (Lipinski definition) is 1. The summed E-state index contributed by atoms with van der Waals surface area (Å²) < 4.78 is 11.2. The van der Waals surface area contributed by atoms with Crippen LogP contribution in [-0.2, 0) is 6.61 Å². The maximum atomic E-state index is 5.84. The SMILES string of the molecule is COc1ccc(/C=C/CN)cc1OCc1ccccc1. The van der Waals surface area contributed by atoms with E-state index in [4.69, 9.17) is 15.2 Å². The molecule has 0 atom stereocenters. The van der Waals surface area contributed by atoms with Crippen LogP contribution in [0.1, 0.15) is 11.1 Å². The molecule has 0 unspecified atom stereocenters. The maximum Gasteiger partial charge on any atom is 0.162 e. The van der Waals surface area contributed by atoms with Gasteiger partial charge in [0, 0.05) is 6.54 Å². The number of methoxy groups -OCH3 is 1. The summed E-state index contributed by atoms with van der Waals surface area (Å²) in [6, 6.07) is 15.9. The lowest BCUT2D eigenvalue weighted by molar-refractivity contribution is 0.284. The third-order valence-electron chi connectivity index (χ3n) is 2.87. The second-order valence-electron chi connectivity index (χ2n) is 4.32. The zero-order valence-electron chi connectivity index (χ0n) is 11.6. The van der Waals surface area contributed by atoms with Gasteiger partial charge in [0.15, 0.2) is 11.5 Å². The van der Waals surface area contributed by atoms with Crippen molar-refractivity contribution in [3.63, 3.8) is 0 Å². The van der Waals surface area contributed by atoms with Gasteiger partial charge in [-0.2, -0.15) is 0 Å². The summed E-state index contributed by atoms with van der Waals surface area (Å²) >= 11 is 0. The van der Waals surface area contributed by atoms with Gasteiger partial charge in [-0.3, -0.25) is 0 Å². The molecule has 0 saturated carbocycles. The van der Waals surface area contributed by atoms with Crippen LogP contribution in [0.5, 0.6) is 11.5 Å². The van der Waals surface area contributed by atoms with Crippen molar-refractivity contribution in [2.75, 3.05) is 13.7 Å². The largest absolute Gasteiger partial charge is 0.493 e. The number of benzene rings is 2. The van der Waals surface area contributed by atoms with Crippen molar-refractivity contribution in [2.24, 2.45) is 5.73 Å². The summed E-state index contributed by atoms with van der Waals surface area (Å²) in [6.07, 6.45) is 3.87. The molecule has 2 N–H and O–H groups in total. The highest BCUT2D eigenvalue weighted by atomic mass is 16.5. The number of rotatable bonds is 6. The van der Waals surface area contributed by atoms with Crippen LogP contribution in [0.25, 0.3) is 6.08 Å². The normalized spacial score (nSPS) is 10.7. The molecule has 104 valence electrons. The predicted molar refractivity (Wildman–Crippen MR) is 81.9 cm³/mol. The zero-order valence-corrected chi connectivity index (χ0v) is 11.6. The van der Waals surface area contributed by atoms with Crippen LogP contribution < -0.4 is 15.2 Å². The van der Waals surface area contributed by atoms with Crippen LogP contribution in [0.3, 0.4) is 0 Å². The van der Waals surface area contributed by atoms with Gasteiger partial charge < -0.3 is 15.2 Å². The van der Waals surface area contributed by atoms with Gasteiger partial charge in [-0.15, -0.1) is 0 Å². The molecular weight excluding hydrogens is 250 g/mol. The first-order valence-electron chi connectivity index (χ1n) is 6.55. The van der Waals surface area contributed by atoms with E-state index in [0.717, 1.165) is 22.6 Å². The highest BCUT2D eigenvalue weighted by molar-refractivity contribution is 5.56. The van der Waals surface area contributed by atoms with Crippen molar-refractivity contribution in [3.05, 3.63) is 65.7 Å². The predicted octanol–water partition coefficient (Wildman–Crippen LogP) is 3.25. The van der Waals surface area contributed by atoms with E-state index in [2.05, 4.69) is 0 Å². The number of nitrogens with two attached hydrogens (primary N) is 1. The van der Waals surface area contributed by atoms with E-state index >= 15 is 0 Å². The third kappa shape index (κ3) is 3.87. The molecule has 0 bridgehead atoms. The molecule has 0 radical (unpaired) electrons. The van der Waals surface area contributed by atoms with Crippen molar-refractivity contribution in [2.45, 2.75) is 6.61 Å². The van der Waals surface area contributed by atoms with Gasteiger partial charge in [0.25, 0.3) is 0 Å². The van der Waals surface area contributed by atoms with Crippen molar-refractivity contribution in [3.8, 4) is 11.5 Å². The number of hydrogen-bond acceptors (Lipinski definition) is 3. The van der Waals surface area contributed by atoms with E-state index in [0.29, 0.717) is 13.2 Å². The Balaban J connectivity index is 2.14. The molecule has 0 heterocycles. The fourth-order valence-electron chi connectivity index (χ4n) is 1.85. The summed E-state index contributed by atoms with van der Waals surface area (Å²) in [7, 11) is 1.64. The monoisotopic (exact) mass is 269 g/mol. The standard InChI is InChI=1S/C17H19NO2/c1-19-16-10-9-14(8-5-11-18)12-17(16)20-13-15-6-3-2-4-7-15/h2-10,12H,11,13,18H2,1H3/b8-5+. The van der Waals surface area contributed by atoms with Crippen LogP contribution in [0, 0.1) is 0 Å². The van der Waals surface area contributed by atoms with Crippen molar-refractivity contribution in [1.29, 1.82) is 0 Å². The molecular formula is C17H19NO2. The molecule has 0 aliphatic heterocycles. The third-order valence-corrected chi connectivity index (χ3v) is 2.87. The Kier molecular flexibility index (Phi) is 5.21. The molecule has 0 saturated heterocycles. The summed E-state index contributed by atoms with van der Waals surface area (Å²) in [6.45, 7) is 1.04. The second kappa shape index (κ2) is 7.36. The van der Waals surface area contributed by atoms with Gasteiger partial charge >= 0.3 is 0 Å². The average molecular weight is 269 g/mol. The van der Waals surface area contributed by atoms with Crippen LogP contribution in [0.4, 0.5) is 0 Å². The van der Waals surface area contributed by atoms with E-state index in [1.165, 1.54) is 0 Å². The minimum atomic E-state index is 0.515. The second-order valence-corrected chi connectivity index (χ2v) is 4.32. The number of ether oxygens (including phenoxy) is 2. The van der Waals surface area contributed by atoms with E-state index < -0.39 is 0 Å². The van der Waals surface area contributed by atoms with E-state index in [1.807, 2.05) is 60.7 Å². The molecule has 0 aliphatic rings. The Morgan fingerprint density at radius 1 is 1.05 bits per heavy atom. The van der Waals surface area contributed by atoms with Gasteiger partial charge in [-0.25, -0.2) is 0 Å². The summed E-state index contributed by atoms with van der Waals surface area (Å²) in [5.74, 6) is 1.46. The average Bonchev–Trinajstić information content (AvgIpc) is 2.52. The fraction of sp³-hybridized carbons (Fsp3) is 0.176. The molecule has 2 aromatic rings. The molecule has 20 heavy (non-hydrogen) atoms. The summed E-state index contributed by atoms with van der Waals surface area (Å²) in [5.41, 5.74) is 7.63. The minimum Gasteiger partial charge on any atom is -0.493 e. The lowest BCUT2D eigenvalue weighted by atomic mass is 10.2. The molecule has 2 rings (SSSR count). The minimum absolute atomic E-state index is 0.515. The lowest BCUT2D eigenvalue weighted by Gasteiger charge is -2.11. The molecule has 0 spiro atoms. The summed E-state index contributed by atoms with van der Waals surface area (Å²) in [4.78, 5) is 0. The molecule has 0 aromatic heterocycles. The van der Waals surface area contributed by atoms with Crippen molar-refractivity contribution >= 4 is 6.08 Å². The van der Waals surface area contributed by atoms with Crippen molar-refractivity contribution < 1.29 is 9.47 Å². The van der Waals surface area contributed by atoms with Crippen molar-refractivity contribution in [1.82, 2.24) is 0 Å². The van der Waals surface area contributed by atoms with Crippen LogP contribution >= 0.6 is 0 Å². The lowest BCUT2D eigenvalue weighted by Crippen LogP contribution is -1.98. The smallest absolute Gasteiger partial charge is 0.162 e. The Hall–Kier alpha value is -2.26. The quantitative estimate of drug-likeness (QED) is 0.875. The first kappa shape index (κ1) is 14.2. The summed E-state index contributed by atoms with van der Waals surface area (Å²) in [5, 5.41) is 0. The molecule has 3 heteroatoms. The van der Waals surface area contributed by atoms with Crippen LogP contribution in [0.2, 0.25) is 0 Å². The van der Waals surface area contributed by atoms with E-state index in [-0.39, 0.29) is 0 Å². The van der Waals surface area contributed by atoms with Gasteiger partial charge in [0.05, 0.1) is 7.11 Å². The molecule has 0 amide bonds. The van der Waals surface area contributed by atoms with Crippen LogP contribution in [-0.4, -0.2) is 13.7 Å². The van der Waals surface area contributed by atoms with Gasteiger partial charge in [0.2, 0.25) is 0 Å². The highest BCUT2D eigenvalue weighted by Gasteiger charge is 2.05. The van der Waals surface area contributed by atoms with Crippen LogP contribution in [0.15, 0.2) is 54.6 Å². The van der Waals surface area contributed by atoms with E-state index in [9.17, 15) is 0 Å². The topological polar surface area (TPSA) is 44.5 Å². The Labute approximate surface area is 119 Å². The fourth-order valence-corrected chi connectivity index (χ4v) is 1.85. The molecule has 2 aromatic carbocycles. The molecule has 0 fully saturated rings. The Morgan fingerprint density at radius 3 is 2.55 bits per heavy atom. The molecule has 0 aliphatic carbocycles. The van der Waals surface area contributed by atoms with Gasteiger partial charge in [0.1, 0.15) is 6.61 Å². The Morgan fingerprint density at radius 2 is 1.85 bits per heavy atom. The van der Waals surface area contributed by atoms with E-state index in [1.54, 1.807) is 7.11 Å². The highest BCUT2D eigenvalue weighted by Crippen LogP contribution is 2.29. The zero-order chi connectivity index (χ0) is 14.2.